The molecule has 1 aromatic carbocycles. The molecule has 1 aliphatic carbocycles. The lowest BCUT2D eigenvalue weighted by Gasteiger charge is -2.31. The Kier molecular flexibility index (Phi) is 10.3. The molecule has 2 atom stereocenters. The summed E-state index contributed by atoms with van der Waals surface area (Å²) in [7, 11) is 0. The van der Waals surface area contributed by atoms with Crippen LogP contribution in [0.25, 0.3) is 22.3 Å². The van der Waals surface area contributed by atoms with E-state index < -0.39 is 47.4 Å². The smallest absolute Gasteiger partial charge is 0.475 e. The largest absolute Gasteiger partial charge is 0.490 e. The number of carbonyl (C=O) groups is 4. The molecular weight excluding hydrogens is 717 g/mol. The molecule has 3 aliphatic rings. The number of carboxylic acid groups (broad SMARTS) is 2. The van der Waals surface area contributed by atoms with Crippen LogP contribution in [0.4, 0.5) is 30.7 Å². The van der Waals surface area contributed by atoms with E-state index >= 15 is 0 Å². The molecule has 6 rings (SSSR count). The first kappa shape index (κ1) is 39.7. The number of nitrogens with zero attached hydrogens (tertiary/aromatic N) is 2. The van der Waals surface area contributed by atoms with Gasteiger partial charge in [-0.25, -0.2) is 23.8 Å². The Morgan fingerprint density at radius 1 is 1.04 bits per heavy atom. The number of benzene rings is 1. The molecule has 282 valence electrons. The number of nitrogens with two attached hydrogens (primary N) is 1. The second-order valence-electron chi connectivity index (χ2n) is 12.7. The summed E-state index contributed by atoms with van der Waals surface area (Å²) in [4.78, 5) is 61.7. The van der Waals surface area contributed by atoms with Gasteiger partial charge in [0.05, 0.1) is 40.6 Å². The number of pyridine rings is 2. The second-order valence-corrected chi connectivity index (χ2v) is 12.7. The van der Waals surface area contributed by atoms with Crippen LogP contribution in [-0.2, 0) is 49.1 Å². The van der Waals surface area contributed by atoms with Gasteiger partial charge in [0.25, 0.3) is 5.56 Å². The maximum absolute atomic E-state index is 15.0. The lowest BCUT2D eigenvalue weighted by molar-refractivity contribution is -0.193. The molecule has 4 heterocycles. The second kappa shape index (κ2) is 13.5. The van der Waals surface area contributed by atoms with Crippen molar-refractivity contribution in [1.82, 2.24) is 14.9 Å². The van der Waals surface area contributed by atoms with Crippen LogP contribution in [0.5, 0.6) is 0 Å². The van der Waals surface area contributed by atoms with Crippen LogP contribution in [0.2, 0.25) is 0 Å². The molecule has 0 unspecified atom stereocenters. The predicted octanol–water partition coefficient (Wildman–Crippen LogP) is 3.63. The number of ether oxygens (including phenoxy) is 1. The van der Waals surface area contributed by atoms with Crippen LogP contribution in [0.15, 0.2) is 16.9 Å². The topological polar surface area (TPSA) is 211 Å². The normalized spacial score (nSPS) is 18.8. The van der Waals surface area contributed by atoms with E-state index in [1.54, 1.807) is 38.3 Å². The summed E-state index contributed by atoms with van der Waals surface area (Å²) in [6, 6.07) is 2.59. The maximum Gasteiger partial charge on any atom is 0.490 e. The van der Waals surface area contributed by atoms with E-state index in [1.165, 1.54) is 6.07 Å². The summed E-state index contributed by atoms with van der Waals surface area (Å²) in [6.07, 6.45) is -9.06. The van der Waals surface area contributed by atoms with Crippen molar-refractivity contribution in [3.8, 4) is 11.4 Å². The molecule has 2 aliphatic heterocycles. The Bertz CT molecular complexity index is 2050. The SMILES string of the molecule is CC[C@@]1(O)C(=O)OCc2c1cc1n(c2=O)Cc2c-1nc1cc(F)c(C)c3c1c2[C@@H](NC(=O)C(C)(C)N)CC3.O=C(O)C(F)(F)F.O=C(O)C(F)(F)F. The predicted molar refractivity (Wildman–Crippen MR) is 164 cm³/mol. The fourth-order valence-electron chi connectivity index (χ4n) is 6.04. The summed E-state index contributed by atoms with van der Waals surface area (Å²) >= 11 is 0. The van der Waals surface area contributed by atoms with Crippen molar-refractivity contribution in [1.29, 1.82) is 0 Å². The fraction of sp³-hybridized carbons (Fsp3) is 0.438. The fourth-order valence-corrected chi connectivity index (χ4v) is 6.04. The van der Waals surface area contributed by atoms with Gasteiger partial charge in [0.1, 0.15) is 12.4 Å². The third kappa shape index (κ3) is 7.16. The number of hydrogen-bond acceptors (Lipinski definition) is 9. The number of hydrogen-bond donors (Lipinski definition) is 5. The number of rotatable bonds is 3. The minimum Gasteiger partial charge on any atom is -0.475 e. The average Bonchev–Trinajstić information content (AvgIpc) is 3.40. The van der Waals surface area contributed by atoms with Crippen molar-refractivity contribution < 1.29 is 70.0 Å². The lowest BCUT2D eigenvalue weighted by atomic mass is 9.81. The molecule has 1 amide bonds. The highest BCUT2D eigenvalue weighted by atomic mass is 19.4. The number of nitrogens with one attached hydrogen (secondary N) is 1. The number of amides is 1. The molecule has 6 N–H and O–H groups in total. The van der Waals surface area contributed by atoms with Crippen molar-refractivity contribution >= 4 is 34.7 Å². The summed E-state index contributed by atoms with van der Waals surface area (Å²) in [5.74, 6) is -7.01. The number of aryl methyl sites for hydroxylation is 1. The molecule has 20 heteroatoms. The monoisotopic (exact) mass is 748 g/mol. The zero-order valence-electron chi connectivity index (χ0n) is 27.7. The molecule has 13 nitrogen and oxygen atoms in total. The standard InChI is InChI=1S/C28H29FN4O5.2C2HF3O2/c1-5-28(37)16-8-20-23-14(10-33(20)24(34)15(16)11-38-26(28)36)22-18(32-25(35)27(3,4)30)7-6-13-12(2)17(29)9-19(31-23)21(13)22;2*3-2(4,5)1(6)7/h8-9,18,37H,5-7,10-11,30H2,1-4H3,(H,32,35);2*(H,6,7)/t18-,28-;;/m0../s1. The number of carbonyl (C=O) groups excluding carboxylic acids is 2. The lowest BCUT2D eigenvalue weighted by Crippen LogP contribution is -2.50. The van der Waals surface area contributed by atoms with Crippen molar-refractivity contribution in [2.24, 2.45) is 5.73 Å². The molecular formula is C32H31F7N4O9. The zero-order chi connectivity index (χ0) is 39.5. The number of cyclic esters (lactones) is 1. The van der Waals surface area contributed by atoms with Crippen molar-refractivity contribution in [2.75, 3.05) is 0 Å². The molecule has 3 aromatic rings. The first-order valence-electron chi connectivity index (χ1n) is 15.3. The van der Waals surface area contributed by atoms with Crippen molar-refractivity contribution in [2.45, 2.75) is 89.6 Å². The highest BCUT2D eigenvalue weighted by molar-refractivity contribution is 5.94. The molecule has 0 spiro atoms. The van der Waals surface area contributed by atoms with E-state index in [0.717, 1.165) is 22.1 Å². The summed E-state index contributed by atoms with van der Waals surface area (Å²) < 4.78 is 85.2. The van der Waals surface area contributed by atoms with E-state index in [2.05, 4.69) is 5.32 Å². The Morgan fingerprint density at radius 2 is 1.60 bits per heavy atom. The molecule has 2 aromatic heterocycles. The molecule has 0 saturated carbocycles. The number of carboxylic acids is 2. The number of aliphatic carboxylic acids is 2. The number of esters is 1. The van der Waals surface area contributed by atoms with E-state index in [1.807, 2.05) is 0 Å². The average molecular weight is 749 g/mol. The third-order valence-corrected chi connectivity index (χ3v) is 8.75. The number of alkyl halides is 6. The molecule has 0 saturated heterocycles. The van der Waals surface area contributed by atoms with Crippen LogP contribution < -0.4 is 16.6 Å². The number of aliphatic hydroxyl groups is 1. The first-order valence-corrected chi connectivity index (χ1v) is 15.3. The van der Waals surface area contributed by atoms with Crippen LogP contribution in [0.3, 0.4) is 0 Å². The minimum atomic E-state index is -5.08. The first-order chi connectivity index (χ1) is 23.7. The summed E-state index contributed by atoms with van der Waals surface area (Å²) in [6.45, 7) is 6.59. The van der Waals surface area contributed by atoms with Gasteiger partial charge in [0.2, 0.25) is 5.91 Å². The Labute approximate surface area is 288 Å². The number of aromatic nitrogens is 2. The van der Waals surface area contributed by atoms with E-state index in [-0.39, 0.29) is 48.0 Å². The van der Waals surface area contributed by atoms with Gasteiger partial charge in [-0.05, 0) is 62.8 Å². The third-order valence-electron chi connectivity index (χ3n) is 8.75. The van der Waals surface area contributed by atoms with Gasteiger partial charge in [-0.3, -0.25) is 9.59 Å². The maximum atomic E-state index is 15.0. The highest BCUT2D eigenvalue weighted by Crippen LogP contribution is 2.46. The van der Waals surface area contributed by atoms with Gasteiger partial charge in [0.15, 0.2) is 5.60 Å². The van der Waals surface area contributed by atoms with E-state index in [9.17, 15) is 50.2 Å². The van der Waals surface area contributed by atoms with Crippen molar-refractivity contribution in [3.63, 3.8) is 0 Å². The highest BCUT2D eigenvalue weighted by Gasteiger charge is 2.46. The Balaban J connectivity index is 0.000000367. The number of fused-ring (bicyclic) bond motifs is 5. The Hall–Kier alpha value is -5.11. The van der Waals surface area contributed by atoms with Gasteiger partial charge in [-0.2, -0.15) is 26.3 Å². The molecule has 0 radical (unpaired) electrons. The van der Waals surface area contributed by atoms with Crippen LogP contribution >= 0.6 is 0 Å². The van der Waals surface area contributed by atoms with Gasteiger partial charge in [-0.15, -0.1) is 0 Å². The summed E-state index contributed by atoms with van der Waals surface area (Å²) in [5, 5.41) is 29.3. The minimum absolute atomic E-state index is 0.0296. The van der Waals surface area contributed by atoms with Crippen LogP contribution in [0, 0.1) is 12.7 Å². The van der Waals surface area contributed by atoms with Gasteiger partial charge in [0, 0.05) is 22.6 Å². The molecule has 0 bridgehead atoms. The van der Waals surface area contributed by atoms with Gasteiger partial charge in [-0.1, -0.05) is 6.92 Å². The summed E-state index contributed by atoms with van der Waals surface area (Å²) in [5.41, 5.74) is 7.31. The van der Waals surface area contributed by atoms with Crippen molar-refractivity contribution in [3.05, 3.63) is 61.7 Å². The molecule has 0 fully saturated rings. The molecule has 52 heavy (non-hydrogen) atoms. The van der Waals surface area contributed by atoms with Crippen LogP contribution in [0.1, 0.15) is 73.0 Å². The van der Waals surface area contributed by atoms with Gasteiger partial charge < -0.3 is 35.7 Å². The van der Waals surface area contributed by atoms with Gasteiger partial charge >= 0.3 is 30.3 Å². The zero-order valence-corrected chi connectivity index (χ0v) is 27.7. The quantitative estimate of drug-likeness (QED) is 0.151. The van der Waals surface area contributed by atoms with E-state index in [0.29, 0.717) is 35.3 Å². The van der Waals surface area contributed by atoms with Crippen LogP contribution in [-0.4, -0.2) is 66.6 Å². The Morgan fingerprint density at radius 3 is 2.10 bits per heavy atom. The number of halogens is 7. The van der Waals surface area contributed by atoms with E-state index in [4.69, 9.17) is 35.3 Å².